The minimum atomic E-state index is -1.43. The molecule has 1 aromatic rings. The molecule has 0 bridgehead atoms. The van der Waals surface area contributed by atoms with Gasteiger partial charge in [0, 0.05) is 7.11 Å². The molecule has 1 rings (SSSR count). The molecule has 0 amide bonds. The van der Waals surface area contributed by atoms with Gasteiger partial charge in [-0.15, -0.1) is 0 Å². The fraction of sp³-hybridized carbons (Fsp3) is 0.500. The van der Waals surface area contributed by atoms with Crippen molar-refractivity contribution in [2.24, 2.45) is 0 Å². The summed E-state index contributed by atoms with van der Waals surface area (Å²) in [5.41, 5.74) is 1.04. The van der Waals surface area contributed by atoms with Crippen molar-refractivity contribution in [1.82, 2.24) is 0 Å². The minimum absolute atomic E-state index is 0.411. The molecule has 2 nitrogen and oxygen atoms in total. The van der Waals surface area contributed by atoms with E-state index in [1.54, 1.807) is 13.2 Å². The normalized spacial score (nSPS) is 10.9. The van der Waals surface area contributed by atoms with Crippen LogP contribution in [0.3, 0.4) is 0 Å². The van der Waals surface area contributed by atoms with Crippen LogP contribution in [0.5, 0.6) is 5.75 Å². The monoisotopic (exact) mass is 605 g/mol. The molecule has 0 saturated heterocycles. The van der Waals surface area contributed by atoms with E-state index in [1.165, 1.54) is 0 Å². The molecule has 0 aromatic heterocycles. The summed E-state index contributed by atoms with van der Waals surface area (Å²) in [5, 5.41) is 9.58. The number of halogens is 3. The Morgan fingerprint density at radius 3 is 2.33 bits per heavy atom. The van der Waals surface area contributed by atoms with Crippen LogP contribution >= 0.6 is 37.2 Å². The Balaban J connectivity index is 0.000000873. The Kier molecular flexibility index (Phi) is 11.9. The summed E-state index contributed by atoms with van der Waals surface area (Å²) in [4.78, 5) is 0. The van der Waals surface area contributed by atoms with Crippen LogP contribution in [0.1, 0.15) is 12.0 Å². The van der Waals surface area contributed by atoms with E-state index in [-0.39, 0.29) is 0 Å². The number of aromatic hydroxyl groups is 1. The van der Waals surface area contributed by atoms with E-state index in [0.29, 0.717) is 19.0 Å². The first-order chi connectivity index (χ1) is 8.46. The van der Waals surface area contributed by atoms with Gasteiger partial charge in [0.1, 0.15) is 5.75 Å². The van der Waals surface area contributed by atoms with Gasteiger partial charge in [-0.2, -0.15) is 0 Å². The fourth-order valence-electron chi connectivity index (χ4n) is 1.53. The second kappa shape index (κ2) is 11.1. The molecule has 0 unspecified atom stereocenters. The van der Waals surface area contributed by atoms with Crippen molar-refractivity contribution in [1.29, 1.82) is 0 Å². The summed E-state index contributed by atoms with van der Waals surface area (Å²) in [6.07, 6.45) is 2.02. The van der Waals surface area contributed by atoms with Crippen molar-refractivity contribution < 1.29 is 22.8 Å². The van der Waals surface area contributed by atoms with E-state index < -0.39 is 8.32 Å². The average molecular weight is 605 g/mol. The van der Waals surface area contributed by atoms with E-state index in [4.69, 9.17) is 4.43 Å². The molecule has 0 aliphatic rings. The third kappa shape index (κ3) is 9.32. The molecule has 0 aliphatic carbocycles. The molecule has 0 aliphatic heterocycles. The summed E-state index contributed by atoms with van der Waals surface area (Å²) >= 11 is 5.30. The molecule has 0 radical (unpaired) electrons. The van der Waals surface area contributed by atoms with Gasteiger partial charge in [0.2, 0.25) is 0 Å². The van der Waals surface area contributed by atoms with Gasteiger partial charge < -0.3 is 9.53 Å². The number of hydrogen-bond donors (Lipinski definition) is 1. The van der Waals surface area contributed by atoms with Gasteiger partial charge in [-0.1, -0.05) is 18.2 Å². The molecular weight excluding hydrogens is 585 g/mol. The first-order valence-corrected chi connectivity index (χ1v) is 21.3. The molecule has 1 aromatic carbocycles. The van der Waals surface area contributed by atoms with Crippen molar-refractivity contribution in [3.63, 3.8) is 0 Å². The first-order valence-electron chi connectivity index (χ1n) is 5.66. The van der Waals surface area contributed by atoms with Crippen LogP contribution in [0.4, 0.5) is 0 Å². The predicted octanol–water partition coefficient (Wildman–Crippen LogP) is 1.95. The molecule has 0 spiro atoms. The second-order valence-corrected chi connectivity index (χ2v) is 25.2. The number of hydrogen-bond acceptors (Lipinski definition) is 2. The van der Waals surface area contributed by atoms with Crippen LogP contribution < -0.4 is 13.3 Å². The van der Waals surface area contributed by atoms with E-state index in [9.17, 15) is 5.11 Å². The average Bonchev–Trinajstić information content (AvgIpc) is 2.33. The van der Waals surface area contributed by atoms with Crippen molar-refractivity contribution in [2.45, 2.75) is 32.0 Å². The van der Waals surface area contributed by atoms with Crippen LogP contribution in [-0.4, -0.2) is 20.5 Å². The van der Waals surface area contributed by atoms with E-state index in [1.807, 2.05) is 18.2 Å². The molecule has 18 heavy (non-hydrogen) atoms. The summed E-state index contributed by atoms with van der Waals surface area (Å²) < 4.78 is 5.48. The Bertz CT molecular complexity index is 335. The van der Waals surface area contributed by atoms with Crippen LogP contribution in [0.15, 0.2) is 24.3 Å². The fourth-order valence-corrected chi connectivity index (χ4v) is 2.76. The maximum absolute atomic E-state index is 9.58. The van der Waals surface area contributed by atoms with Gasteiger partial charge in [-0.05, 0) is 43.6 Å². The number of aryl methyl sites for hydroxylation is 1. The van der Waals surface area contributed by atoms with Crippen LogP contribution in [0.2, 0.25) is 19.1 Å². The molecule has 0 fully saturated rings. The topological polar surface area (TPSA) is 29.5 Å². The van der Waals surface area contributed by atoms with Crippen LogP contribution in [0, 0.1) is 0 Å². The van der Waals surface area contributed by atoms with Gasteiger partial charge in [0.05, 0.1) is 0 Å². The molecule has 0 heterocycles. The van der Waals surface area contributed by atoms with Gasteiger partial charge in [-0.25, -0.2) is 0 Å². The van der Waals surface area contributed by atoms with Gasteiger partial charge in [0.15, 0.2) is 8.32 Å². The van der Waals surface area contributed by atoms with Crippen molar-refractivity contribution >= 4 is 45.5 Å². The van der Waals surface area contributed by atoms with Crippen LogP contribution in [-0.2, 0) is 10.8 Å². The van der Waals surface area contributed by atoms with E-state index in [2.05, 4.69) is 50.3 Å². The maximum atomic E-state index is 9.58. The second-order valence-electron chi connectivity index (χ2n) is 4.50. The Morgan fingerprint density at radius 2 is 1.83 bits per heavy atom. The number of rotatable bonds is 5. The van der Waals surface area contributed by atoms with Crippen molar-refractivity contribution in [3.8, 4) is 5.75 Å². The number of phenolic OH excluding ortho intramolecular Hbond substituents is 1. The summed E-state index contributed by atoms with van der Waals surface area (Å²) in [5.74, 6) is 0.411. The summed E-state index contributed by atoms with van der Waals surface area (Å²) in [6, 6.07) is 8.68. The molecule has 6 heteroatoms. The Hall–Kier alpha value is 1.39. The first kappa shape index (κ1) is 19.4. The predicted molar refractivity (Wildman–Crippen MR) is 93.8 cm³/mol. The molecular formula is C12H20I3O2Si-. The van der Waals surface area contributed by atoms with Gasteiger partial charge >= 0.3 is 50.5 Å². The SMILES string of the molecule is CO[Si](C)(C)CCCc1ccccc1O.I[I-]I. The molecule has 1 N–H and O–H groups in total. The quantitative estimate of drug-likeness (QED) is 0.412. The number of phenols is 1. The van der Waals surface area contributed by atoms with Crippen molar-refractivity contribution in [3.05, 3.63) is 29.8 Å². The molecule has 0 atom stereocenters. The van der Waals surface area contributed by atoms with Gasteiger partial charge in [-0.3, -0.25) is 0 Å². The standard InChI is InChI=1S/C12H20O2Si.I3/c1-14-15(2,3)10-6-8-11-7-4-5-9-12(11)13;1-3-2/h4-5,7,9,13H,6,8,10H2,1-3H3;/q;-1. The van der Waals surface area contributed by atoms with E-state index >= 15 is 0 Å². The van der Waals surface area contributed by atoms with Gasteiger partial charge in [0.25, 0.3) is 0 Å². The zero-order valence-electron chi connectivity index (χ0n) is 10.9. The number of benzene rings is 1. The molecule has 0 saturated carbocycles. The number of para-hydroxylation sites is 1. The Labute approximate surface area is 141 Å². The Morgan fingerprint density at radius 1 is 1.28 bits per heavy atom. The molecule has 106 valence electrons. The summed E-state index contributed by atoms with van der Waals surface area (Å²) in [7, 11) is 0.368. The van der Waals surface area contributed by atoms with Crippen molar-refractivity contribution in [2.75, 3.05) is 7.11 Å². The zero-order valence-corrected chi connectivity index (χ0v) is 18.4. The zero-order chi connectivity index (χ0) is 14.0. The van der Waals surface area contributed by atoms with E-state index in [0.717, 1.165) is 24.4 Å². The third-order valence-electron chi connectivity index (χ3n) is 2.77. The van der Waals surface area contributed by atoms with Crippen LogP contribution in [0.25, 0.3) is 0 Å². The summed E-state index contributed by atoms with van der Waals surface area (Å²) in [6.45, 7) is 4.44. The third-order valence-corrected chi connectivity index (χ3v) is 5.43.